The van der Waals surface area contributed by atoms with E-state index in [2.05, 4.69) is 10.1 Å². The molecule has 2 N–H and O–H groups in total. The number of primary amides is 1. The monoisotopic (exact) mass is 422 g/mol. The number of hydrogen-bond acceptors (Lipinski definition) is 7. The molecule has 3 rings (SSSR count). The van der Waals surface area contributed by atoms with Crippen molar-refractivity contribution < 1.29 is 23.6 Å². The number of nitrogens with two attached hydrogens (primary N) is 1. The molecule has 1 aromatic rings. The molecule has 2 amide bonds. The first-order chi connectivity index (χ1) is 14.4. The van der Waals surface area contributed by atoms with Crippen LogP contribution in [0.4, 0.5) is 0 Å². The highest BCUT2D eigenvalue weighted by molar-refractivity contribution is 5.93. The smallest absolute Gasteiger partial charge is 0.276 e. The summed E-state index contributed by atoms with van der Waals surface area (Å²) in [4.78, 5) is 29.4. The van der Waals surface area contributed by atoms with Crippen LogP contribution in [-0.2, 0) is 20.9 Å². The number of ether oxygens (including phenoxy) is 2. The molecular weight excluding hydrogens is 388 g/mol. The van der Waals surface area contributed by atoms with E-state index in [0.29, 0.717) is 62.3 Å². The molecule has 2 aliphatic rings. The third-order valence-corrected chi connectivity index (χ3v) is 6.66. The second kappa shape index (κ2) is 9.89. The van der Waals surface area contributed by atoms with Crippen LogP contribution in [0, 0.1) is 12.3 Å². The van der Waals surface area contributed by atoms with Gasteiger partial charge in [0, 0.05) is 46.5 Å². The lowest BCUT2D eigenvalue weighted by atomic mass is 9.76. The zero-order valence-electron chi connectivity index (χ0n) is 18.3. The molecule has 9 heteroatoms. The topological polar surface area (TPSA) is 111 Å². The molecule has 0 aliphatic carbocycles. The minimum Gasteiger partial charge on any atom is -0.385 e. The van der Waals surface area contributed by atoms with Crippen LogP contribution < -0.4 is 5.73 Å². The Hall–Kier alpha value is -1.97. The van der Waals surface area contributed by atoms with Crippen LogP contribution in [0.1, 0.15) is 53.9 Å². The van der Waals surface area contributed by atoms with Crippen molar-refractivity contribution in [3.63, 3.8) is 0 Å². The van der Waals surface area contributed by atoms with Gasteiger partial charge in [-0.15, -0.1) is 0 Å². The standard InChI is InChI=1S/C21H34N4O5/c1-15-17(13-29-3)18(23-30-15)19(26)24-10-5-16(6-11-24)25-9-4-7-21(14-25,20(22)27)8-12-28-2/h16H,4-14H2,1-3H3,(H2,22,27). The second-order valence-electron chi connectivity index (χ2n) is 8.48. The van der Waals surface area contributed by atoms with Gasteiger partial charge < -0.3 is 24.6 Å². The van der Waals surface area contributed by atoms with Crippen molar-refractivity contribution in [2.24, 2.45) is 11.1 Å². The first-order valence-corrected chi connectivity index (χ1v) is 10.7. The zero-order chi connectivity index (χ0) is 21.7. The molecule has 9 nitrogen and oxygen atoms in total. The lowest BCUT2D eigenvalue weighted by Crippen LogP contribution is -2.56. The largest absolute Gasteiger partial charge is 0.385 e. The lowest BCUT2D eigenvalue weighted by molar-refractivity contribution is -0.133. The number of likely N-dealkylation sites (tertiary alicyclic amines) is 2. The summed E-state index contributed by atoms with van der Waals surface area (Å²) in [6.45, 7) is 5.56. The van der Waals surface area contributed by atoms with Crippen LogP contribution in [0.2, 0.25) is 0 Å². The van der Waals surface area contributed by atoms with Crippen molar-refractivity contribution in [3.05, 3.63) is 17.0 Å². The van der Waals surface area contributed by atoms with Gasteiger partial charge in [-0.05, 0) is 45.6 Å². The van der Waals surface area contributed by atoms with Crippen molar-refractivity contribution in [2.75, 3.05) is 47.0 Å². The summed E-state index contributed by atoms with van der Waals surface area (Å²) in [6.07, 6.45) is 4.14. The summed E-state index contributed by atoms with van der Waals surface area (Å²) in [5, 5.41) is 3.97. The van der Waals surface area contributed by atoms with E-state index < -0.39 is 5.41 Å². The molecule has 2 fully saturated rings. The van der Waals surface area contributed by atoms with Crippen molar-refractivity contribution >= 4 is 11.8 Å². The summed E-state index contributed by atoms with van der Waals surface area (Å²) in [5.41, 5.74) is 6.34. The number of carbonyl (C=O) groups excluding carboxylic acids is 2. The van der Waals surface area contributed by atoms with E-state index in [0.717, 1.165) is 32.2 Å². The quantitative estimate of drug-likeness (QED) is 0.673. The average molecular weight is 423 g/mol. The minimum absolute atomic E-state index is 0.109. The van der Waals surface area contributed by atoms with E-state index in [1.54, 1.807) is 21.1 Å². The number of aromatic nitrogens is 1. The van der Waals surface area contributed by atoms with Gasteiger partial charge in [0.05, 0.1) is 17.6 Å². The molecule has 30 heavy (non-hydrogen) atoms. The number of piperidine rings is 2. The summed E-state index contributed by atoms with van der Waals surface area (Å²) in [5.74, 6) is 0.272. The molecule has 0 radical (unpaired) electrons. The van der Waals surface area contributed by atoms with Crippen LogP contribution in [0.25, 0.3) is 0 Å². The second-order valence-corrected chi connectivity index (χ2v) is 8.48. The third-order valence-electron chi connectivity index (χ3n) is 6.66. The fraction of sp³-hybridized carbons (Fsp3) is 0.762. The van der Waals surface area contributed by atoms with E-state index in [9.17, 15) is 9.59 Å². The van der Waals surface area contributed by atoms with Crippen molar-refractivity contribution in [1.29, 1.82) is 0 Å². The molecule has 3 heterocycles. The van der Waals surface area contributed by atoms with Crippen molar-refractivity contribution in [1.82, 2.24) is 15.0 Å². The Balaban J connectivity index is 1.61. The molecule has 2 aliphatic heterocycles. The summed E-state index contributed by atoms with van der Waals surface area (Å²) >= 11 is 0. The van der Waals surface area contributed by atoms with E-state index >= 15 is 0 Å². The Morgan fingerprint density at radius 2 is 1.97 bits per heavy atom. The Morgan fingerprint density at radius 3 is 2.60 bits per heavy atom. The molecular formula is C21H34N4O5. The summed E-state index contributed by atoms with van der Waals surface area (Å²) in [6, 6.07) is 0.341. The maximum atomic E-state index is 13.0. The SMILES string of the molecule is COCCC1(C(N)=O)CCCN(C2CCN(C(=O)c3noc(C)c3COC)CC2)C1. The Morgan fingerprint density at radius 1 is 1.23 bits per heavy atom. The van der Waals surface area contributed by atoms with Gasteiger partial charge in [-0.1, -0.05) is 5.16 Å². The molecule has 1 unspecified atom stereocenters. The third kappa shape index (κ3) is 4.68. The van der Waals surface area contributed by atoms with Crippen molar-refractivity contribution in [2.45, 2.75) is 51.7 Å². The van der Waals surface area contributed by atoms with Crippen molar-refractivity contribution in [3.8, 4) is 0 Å². The number of aryl methyl sites for hydroxylation is 1. The molecule has 1 aromatic heterocycles. The Labute approximate surface area is 177 Å². The van der Waals surface area contributed by atoms with Gasteiger partial charge in [-0.3, -0.25) is 14.5 Å². The van der Waals surface area contributed by atoms with Gasteiger partial charge >= 0.3 is 0 Å². The number of nitrogens with zero attached hydrogens (tertiary/aromatic N) is 3. The molecule has 1 atom stereocenters. The Bertz CT molecular complexity index is 744. The molecule has 0 aromatic carbocycles. The molecule has 2 saturated heterocycles. The van der Waals surface area contributed by atoms with Crippen LogP contribution in [0.15, 0.2) is 4.52 Å². The van der Waals surface area contributed by atoms with E-state index in [-0.39, 0.29) is 11.8 Å². The molecule has 0 bridgehead atoms. The van der Waals surface area contributed by atoms with Gasteiger partial charge in [0.15, 0.2) is 5.69 Å². The minimum atomic E-state index is -0.519. The van der Waals surface area contributed by atoms with Gasteiger partial charge in [0.2, 0.25) is 5.91 Å². The van der Waals surface area contributed by atoms with E-state index in [1.807, 2.05) is 4.90 Å². The number of carbonyl (C=O) groups is 2. The normalized spacial score (nSPS) is 23.6. The first kappa shape index (κ1) is 22.7. The highest BCUT2D eigenvalue weighted by atomic mass is 16.5. The van der Waals surface area contributed by atoms with E-state index in [1.165, 1.54) is 0 Å². The fourth-order valence-corrected chi connectivity index (χ4v) is 4.76. The van der Waals surface area contributed by atoms with Crippen LogP contribution in [0.3, 0.4) is 0 Å². The first-order valence-electron chi connectivity index (χ1n) is 10.7. The predicted octanol–water partition coefficient (Wildman–Crippen LogP) is 1.34. The highest BCUT2D eigenvalue weighted by Crippen LogP contribution is 2.35. The van der Waals surface area contributed by atoms with E-state index in [4.69, 9.17) is 19.7 Å². The number of amides is 2. The lowest BCUT2D eigenvalue weighted by Gasteiger charge is -2.46. The van der Waals surface area contributed by atoms with Crippen LogP contribution in [0.5, 0.6) is 0 Å². The van der Waals surface area contributed by atoms with Gasteiger partial charge in [-0.2, -0.15) is 0 Å². The predicted molar refractivity (Wildman–Crippen MR) is 110 cm³/mol. The summed E-state index contributed by atoms with van der Waals surface area (Å²) in [7, 11) is 3.24. The number of rotatable bonds is 8. The molecule has 168 valence electrons. The van der Waals surface area contributed by atoms with Crippen LogP contribution >= 0.6 is 0 Å². The van der Waals surface area contributed by atoms with Gasteiger partial charge in [0.1, 0.15) is 5.76 Å². The molecule has 0 saturated carbocycles. The maximum absolute atomic E-state index is 13.0. The number of methoxy groups -OCH3 is 2. The maximum Gasteiger partial charge on any atom is 0.276 e. The van der Waals surface area contributed by atoms with Gasteiger partial charge in [0.25, 0.3) is 5.91 Å². The van der Waals surface area contributed by atoms with Crippen LogP contribution in [-0.4, -0.2) is 79.8 Å². The average Bonchev–Trinajstić information content (AvgIpc) is 3.12. The fourth-order valence-electron chi connectivity index (χ4n) is 4.76. The number of hydrogen-bond donors (Lipinski definition) is 1. The van der Waals surface area contributed by atoms with Gasteiger partial charge in [-0.25, -0.2) is 0 Å². The highest BCUT2D eigenvalue weighted by Gasteiger charge is 2.42. The zero-order valence-corrected chi connectivity index (χ0v) is 18.3. The molecule has 0 spiro atoms. The Kier molecular flexibility index (Phi) is 7.49. The summed E-state index contributed by atoms with van der Waals surface area (Å²) < 4.78 is 15.6.